The van der Waals surface area contributed by atoms with E-state index in [9.17, 15) is 0 Å². The topological polar surface area (TPSA) is 64.3 Å². The summed E-state index contributed by atoms with van der Waals surface area (Å²) >= 11 is 5.18. The van der Waals surface area contributed by atoms with Crippen molar-refractivity contribution in [2.24, 2.45) is 5.73 Å². The number of hydrogen-bond acceptors (Lipinski definition) is 5. The summed E-state index contributed by atoms with van der Waals surface area (Å²) in [7, 11) is 2.12. The number of likely N-dealkylation sites (N-methyl/N-ethyl adjacent to an activating group) is 1. The standard InChI is InChI=1S/C15H24N4OS/c1-4-11-12(5-2)17-18-15(13(11)14(16)21)20-9-8-19(3)10-6-7-10/h10H,4-9H2,1-3H3,(H2,16,21). The molecule has 6 heteroatoms. The van der Waals surface area contributed by atoms with Gasteiger partial charge >= 0.3 is 0 Å². The van der Waals surface area contributed by atoms with E-state index in [2.05, 4.69) is 36.0 Å². The van der Waals surface area contributed by atoms with Crippen LogP contribution in [0.5, 0.6) is 5.88 Å². The Morgan fingerprint density at radius 1 is 1.33 bits per heavy atom. The van der Waals surface area contributed by atoms with Crippen molar-refractivity contribution in [1.82, 2.24) is 15.1 Å². The highest BCUT2D eigenvalue weighted by Crippen LogP contribution is 2.25. The molecule has 2 N–H and O–H groups in total. The Labute approximate surface area is 131 Å². The molecule has 1 saturated carbocycles. The monoisotopic (exact) mass is 308 g/mol. The van der Waals surface area contributed by atoms with Crippen molar-refractivity contribution in [2.45, 2.75) is 45.6 Å². The van der Waals surface area contributed by atoms with E-state index >= 15 is 0 Å². The van der Waals surface area contributed by atoms with Gasteiger partial charge in [-0.3, -0.25) is 0 Å². The van der Waals surface area contributed by atoms with Crippen molar-refractivity contribution >= 4 is 17.2 Å². The molecule has 0 unspecified atom stereocenters. The lowest BCUT2D eigenvalue weighted by Crippen LogP contribution is -2.27. The fourth-order valence-electron chi connectivity index (χ4n) is 2.49. The molecule has 0 saturated heterocycles. The Balaban J connectivity index is 2.11. The second kappa shape index (κ2) is 7.13. The summed E-state index contributed by atoms with van der Waals surface area (Å²) in [5.41, 5.74) is 8.64. The molecule has 1 aliphatic rings. The highest BCUT2D eigenvalue weighted by atomic mass is 32.1. The number of aromatic nitrogens is 2. The third kappa shape index (κ3) is 3.89. The van der Waals surface area contributed by atoms with Gasteiger partial charge in [0.1, 0.15) is 11.6 Å². The fraction of sp³-hybridized carbons (Fsp3) is 0.667. The summed E-state index contributed by atoms with van der Waals surface area (Å²) in [5.74, 6) is 0.473. The lowest BCUT2D eigenvalue weighted by atomic mass is 10.0. The van der Waals surface area contributed by atoms with Gasteiger partial charge in [0.05, 0.1) is 11.3 Å². The Kier molecular flexibility index (Phi) is 5.47. The SMILES string of the molecule is CCc1nnc(OCCN(C)C2CC2)c(C(N)=S)c1CC. The van der Waals surface area contributed by atoms with Gasteiger partial charge in [-0.15, -0.1) is 5.10 Å². The van der Waals surface area contributed by atoms with Gasteiger partial charge in [0, 0.05) is 12.6 Å². The summed E-state index contributed by atoms with van der Waals surface area (Å²) in [6.45, 7) is 5.58. The van der Waals surface area contributed by atoms with Crippen LogP contribution in [-0.4, -0.2) is 46.3 Å². The molecule has 0 amide bonds. The zero-order valence-electron chi connectivity index (χ0n) is 13.1. The average Bonchev–Trinajstić information content (AvgIpc) is 3.30. The van der Waals surface area contributed by atoms with Crippen molar-refractivity contribution in [2.75, 3.05) is 20.2 Å². The van der Waals surface area contributed by atoms with Crippen molar-refractivity contribution < 1.29 is 4.74 Å². The lowest BCUT2D eigenvalue weighted by molar-refractivity contribution is 0.224. The highest BCUT2D eigenvalue weighted by Gasteiger charge is 2.26. The van der Waals surface area contributed by atoms with E-state index in [4.69, 9.17) is 22.7 Å². The predicted molar refractivity (Wildman–Crippen MR) is 87.8 cm³/mol. The molecular formula is C15H24N4OS. The van der Waals surface area contributed by atoms with Gasteiger partial charge in [0.25, 0.3) is 0 Å². The molecule has 116 valence electrons. The molecule has 0 aliphatic heterocycles. The third-order valence-corrected chi connectivity index (χ3v) is 4.12. The van der Waals surface area contributed by atoms with E-state index < -0.39 is 0 Å². The van der Waals surface area contributed by atoms with Gasteiger partial charge in [-0.05, 0) is 38.3 Å². The molecule has 1 aliphatic carbocycles. The average molecular weight is 308 g/mol. The zero-order valence-corrected chi connectivity index (χ0v) is 13.9. The molecule has 1 heterocycles. The molecule has 1 fully saturated rings. The minimum atomic E-state index is 0.335. The van der Waals surface area contributed by atoms with Crippen molar-refractivity contribution in [3.8, 4) is 5.88 Å². The van der Waals surface area contributed by atoms with E-state index in [1.807, 2.05) is 0 Å². The molecule has 2 rings (SSSR count). The van der Waals surface area contributed by atoms with Crippen LogP contribution in [0.4, 0.5) is 0 Å². The van der Waals surface area contributed by atoms with E-state index in [0.29, 0.717) is 17.5 Å². The molecule has 0 radical (unpaired) electrons. The van der Waals surface area contributed by atoms with E-state index in [1.165, 1.54) is 12.8 Å². The maximum atomic E-state index is 5.88. The first-order valence-corrected chi connectivity index (χ1v) is 8.00. The molecule has 21 heavy (non-hydrogen) atoms. The Morgan fingerprint density at radius 2 is 2.05 bits per heavy atom. The largest absolute Gasteiger partial charge is 0.475 e. The zero-order chi connectivity index (χ0) is 15.4. The lowest BCUT2D eigenvalue weighted by Gasteiger charge is -2.18. The number of aryl methyl sites for hydroxylation is 1. The molecule has 0 aromatic carbocycles. The summed E-state index contributed by atoms with van der Waals surface area (Å²) < 4.78 is 5.81. The third-order valence-electron chi connectivity index (χ3n) is 3.91. The van der Waals surface area contributed by atoms with Crippen LogP contribution in [0.25, 0.3) is 0 Å². The minimum Gasteiger partial charge on any atom is -0.475 e. The Morgan fingerprint density at radius 3 is 2.57 bits per heavy atom. The van der Waals surface area contributed by atoms with Crippen LogP contribution in [0.3, 0.4) is 0 Å². The van der Waals surface area contributed by atoms with E-state index in [-0.39, 0.29) is 0 Å². The van der Waals surface area contributed by atoms with Gasteiger partial charge in [0.2, 0.25) is 5.88 Å². The molecular weight excluding hydrogens is 284 g/mol. The minimum absolute atomic E-state index is 0.335. The van der Waals surface area contributed by atoms with Gasteiger partial charge in [-0.2, -0.15) is 5.10 Å². The second-order valence-corrected chi connectivity index (χ2v) is 5.88. The fourth-order valence-corrected chi connectivity index (χ4v) is 2.70. The van der Waals surface area contributed by atoms with Crippen LogP contribution in [0.15, 0.2) is 0 Å². The quantitative estimate of drug-likeness (QED) is 0.738. The van der Waals surface area contributed by atoms with Crippen molar-refractivity contribution in [3.05, 3.63) is 16.8 Å². The van der Waals surface area contributed by atoms with Crippen LogP contribution in [-0.2, 0) is 12.8 Å². The second-order valence-electron chi connectivity index (χ2n) is 5.44. The van der Waals surface area contributed by atoms with Crippen LogP contribution >= 0.6 is 12.2 Å². The Bertz CT molecular complexity index is 517. The summed E-state index contributed by atoms with van der Waals surface area (Å²) in [6, 6.07) is 0.725. The number of nitrogens with two attached hydrogens (primary N) is 1. The molecule has 1 aromatic rings. The van der Waals surface area contributed by atoms with Gasteiger partial charge in [0.15, 0.2) is 0 Å². The van der Waals surface area contributed by atoms with Crippen molar-refractivity contribution in [3.63, 3.8) is 0 Å². The Hall–Kier alpha value is -1.27. The van der Waals surface area contributed by atoms with E-state index in [1.54, 1.807) is 0 Å². The first-order valence-electron chi connectivity index (χ1n) is 7.59. The molecule has 0 atom stereocenters. The molecule has 0 spiro atoms. The predicted octanol–water partition coefficient (Wildman–Crippen LogP) is 1.71. The van der Waals surface area contributed by atoms with Crippen LogP contribution < -0.4 is 10.5 Å². The number of rotatable bonds is 8. The maximum Gasteiger partial charge on any atom is 0.244 e. The summed E-state index contributed by atoms with van der Waals surface area (Å²) in [6.07, 6.45) is 4.22. The van der Waals surface area contributed by atoms with E-state index in [0.717, 1.165) is 42.2 Å². The van der Waals surface area contributed by atoms with Crippen molar-refractivity contribution in [1.29, 1.82) is 0 Å². The highest BCUT2D eigenvalue weighted by molar-refractivity contribution is 7.80. The molecule has 5 nitrogen and oxygen atoms in total. The first kappa shape index (κ1) is 16.1. The summed E-state index contributed by atoms with van der Waals surface area (Å²) in [5, 5.41) is 8.43. The first-order chi connectivity index (χ1) is 10.1. The normalized spacial score (nSPS) is 14.5. The van der Waals surface area contributed by atoms with Gasteiger partial charge in [-0.1, -0.05) is 26.1 Å². The van der Waals surface area contributed by atoms with Crippen LogP contribution in [0.2, 0.25) is 0 Å². The maximum absolute atomic E-state index is 5.88. The molecule has 1 aromatic heterocycles. The number of thiocarbonyl (C=S) groups is 1. The summed E-state index contributed by atoms with van der Waals surface area (Å²) in [4.78, 5) is 2.65. The number of hydrogen-bond donors (Lipinski definition) is 1. The number of nitrogens with zero attached hydrogens (tertiary/aromatic N) is 3. The van der Waals surface area contributed by atoms with Crippen LogP contribution in [0.1, 0.15) is 43.5 Å². The smallest absolute Gasteiger partial charge is 0.244 e. The van der Waals surface area contributed by atoms with Crippen LogP contribution in [0, 0.1) is 0 Å². The van der Waals surface area contributed by atoms with Gasteiger partial charge in [-0.25, -0.2) is 0 Å². The van der Waals surface area contributed by atoms with Gasteiger partial charge < -0.3 is 15.4 Å². The number of ether oxygens (including phenoxy) is 1. The molecule has 0 bridgehead atoms.